The molecule has 0 radical (unpaired) electrons. The van der Waals surface area contributed by atoms with E-state index in [2.05, 4.69) is 99.7 Å². The second kappa shape index (κ2) is 15.2. The Morgan fingerprint density at radius 3 is 0.961 bits per heavy atom. The Morgan fingerprint density at radius 1 is 0.373 bits per heavy atom. The van der Waals surface area contributed by atoms with Gasteiger partial charge in [0.15, 0.2) is 0 Å². The van der Waals surface area contributed by atoms with Crippen molar-refractivity contribution in [1.82, 2.24) is 4.98 Å². The zero-order chi connectivity index (χ0) is 35.2. The minimum absolute atomic E-state index is 0.593. The molecule has 0 unspecified atom stereocenters. The van der Waals surface area contributed by atoms with E-state index in [0.29, 0.717) is 26.4 Å². The number of aromatic nitrogens is 1. The van der Waals surface area contributed by atoms with Crippen LogP contribution in [0.15, 0.2) is 133 Å². The van der Waals surface area contributed by atoms with Gasteiger partial charge in [0, 0.05) is 80.2 Å². The van der Waals surface area contributed by atoms with Crippen LogP contribution in [0.3, 0.4) is 0 Å². The van der Waals surface area contributed by atoms with Crippen molar-refractivity contribution in [3.63, 3.8) is 0 Å². The molecule has 0 amide bonds. The normalized spacial score (nSPS) is 11.1. The SMILES string of the molecule is CCOc1cccc(N(c2cccc(OCC)c2)c2ccc3[nH]c4ccc(N(c5cccc(OCC)c5)c5cccc(OCC)c5)cc4c3c2)c1. The molecule has 6 aromatic carbocycles. The van der Waals surface area contributed by atoms with E-state index in [1.807, 2.05) is 76.2 Å². The van der Waals surface area contributed by atoms with Crippen LogP contribution in [0.4, 0.5) is 34.1 Å². The Kier molecular flexibility index (Phi) is 9.97. The van der Waals surface area contributed by atoms with Crippen molar-refractivity contribution < 1.29 is 18.9 Å². The molecule has 7 aromatic rings. The number of aromatic amines is 1. The van der Waals surface area contributed by atoms with E-state index in [0.717, 1.165) is 78.9 Å². The van der Waals surface area contributed by atoms with E-state index >= 15 is 0 Å². The Balaban J connectivity index is 1.39. The fourth-order valence-corrected chi connectivity index (χ4v) is 6.56. The van der Waals surface area contributed by atoms with Gasteiger partial charge in [0.05, 0.1) is 26.4 Å². The van der Waals surface area contributed by atoms with Gasteiger partial charge in [-0.25, -0.2) is 0 Å². The number of rotatable bonds is 14. The molecule has 0 saturated heterocycles. The minimum atomic E-state index is 0.593. The fourth-order valence-electron chi connectivity index (χ4n) is 6.56. The summed E-state index contributed by atoms with van der Waals surface area (Å²) in [5, 5.41) is 2.23. The second-order valence-corrected chi connectivity index (χ2v) is 12.0. The van der Waals surface area contributed by atoms with E-state index in [-0.39, 0.29) is 0 Å². The predicted molar refractivity (Wildman–Crippen MR) is 210 cm³/mol. The molecule has 0 saturated carbocycles. The molecule has 51 heavy (non-hydrogen) atoms. The quantitative estimate of drug-likeness (QED) is 0.124. The van der Waals surface area contributed by atoms with Crippen LogP contribution in [0.25, 0.3) is 21.8 Å². The van der Waals surface area contributed by atoms with Crippen LogP contribution in [0, 0.1) is 0 Å². The van der Waals surface area contributed by atoms with Crippen LogP contribution in [-0.4, -0.2) is 31.4 Å². The zero-order valence-electron chi connectivity index (χ0n) is 29.6. The van der Waals surface area contributed by atoms with E-state index in [1.54, 1.807) is 0 Å². The number of benzene rings is 6. The van der Waals surface area contributed by atoms with Gasteiger partial charge in [-0.15, -0.1) is 0 Å². The van der Waals surface area contributed by atoms with Crippen molar-refractivity contribution in [2.24, 2.45) is 0 Å². The molecule has 7 rings (SSSR count). The number of fused-ring (bicyclic) bond motifs is 3. The van der Waals surface area contributed by atoms with Crippen molar-refractivity contribution in [2.45, 2.75) is 27.7 Å². The van der Waals surface area contributed by atoms with Gasteiger partial charge in [0.25, 0.3) is 0 Å². The summed E-state index contributed by atoms with van der Waals surface area (Å²) >= 11 is 0. The first kappa shape index (κ1) is 33.4. The summed E-state index contributed by atoms with van der Waals surface area (Å²) in [6, 6.07) is 46.0. The average molecular weight is 678 g/mol. The molecule has 0 bridgehead atoms. The summed E-state index contributed by atoms with van der Waals surface area (Å²) in [6.45, 7) is 10.4. The summed E-state index contributed by atoms with van der Waals surface area (Å²) in [6.07, 6.45) is 0. The highest BCUT2D eigenvalue weighted by molar-refractivity contribution is 6.10. The largest absolute Gasteiger partial charge is 0.494 e. The van der Waals surface area contributed by atoms with Gasteiger partial charge in [-0.05, 0) is 113 Å². The summed E-state index contributed by atoms with van der Waals surface area (Å²) in [5.74, 6) is 3.28. The van der Waals surface area contributed by atoms with Crippen LogP contribution >= 0.6 is 0 Å². The number of hydrogen-bond acceptors (Lipinski definition) is 6. The molecule has 0 aliphatic heterocycles. The van der Waals surface area contributed by atoms with Gasteiger partial charge in [-0.2, -0.15) is 0 Å². The van der Waals surface area contributed by atoms with Gasteiger partial charge in [-0.3, -0.25) is 0 Å². The molecule has 7 nitrogen and oxygen atoms in total. The third-order valence-electron chi connectivity index (χ3n) is 8.63. The highest BCUT2D eigenvalue weighted by atomic mass is 16.5. The van der Waals surface area contributed by atoms with E-state index in [4.69, 9.17) is 18.9 Å². The molecule has 0 atom stereocenters. The smallest absolute Gasteiger partial charge is 0.121 e. The van der Waals surface area contributed by atoms with Gasteiger partial charge < -0.3 is 33.7 Å². The lowest BCUT2D eigenvalue weighted by Crippen LogP contribution is -2.10. The molecule has 1 N–H and O–H groups in total. The maximum Gasteiger partial charge on any atom is 0.121 e. The van der Waals surface area contributed by atoms with Crippen molar-refractivity contribution in [3.8, 4) is 23.0 Å². The predicted octanol–water partition coefficient (Wildman–Crippen LogP) is 11.9. The summed E-state index contributed by atoms with van der Waals surface area (Å²) in [4.78, 5) is 8.15. The van der Waals surface area contributed by atoms with Gasteiger partial charge >= 0.3 is 0 Å². The van der Waals surface area contributed by atoms with Crippen LogP contribution in [0.1, 0.15) is 27.7 Å². The molecular weight excluding hydrogens is 635 g/mol. The average Bonchev–Trinajstić information content (AvgIpc) is 3.51. The van der Waals surface area contributed by atoms with Crippen LogP contribution in [0.2, 0.25) is 0 Å². The number of anilines is 6. The lowest BCUT2D eigenvalue weighted by atomic mass is 10.1. The number of nitrogens with zero attached hydrogens (tertiary/aromatic N) is 2. The minimum Gasteiger partial charge on any atom is -0.494 e. The maximum atomic E-state index is 5.92. The van der Waals surface area contributed by atoms with Crippen molar-refractivity contribution in [2.75, 3.05) is 36.2 Å². The molecule has 7 heteroatoms. The standard InChI is InChI=1S/C44H43N3O4/c1-5-48-37-17-9-13-31(25-37)46(32-14-10-18-38(26-32)49-6-2)35-21-23-43-41(29-35)42-30-36(22-24-44(42)45-43)47(33-15-11-19-39(27-33)50-7-3)34-16-12-20-40(28-34)51-8-4/h9-30,45H,5-8H2,1-4H3. The maximum absolute atomic E-state index is 5.92. The van der Waals surface area contributed by atoms with E-state index in [9.17, 15) is 0 Å². The number of H-pyrrole nitrogens is 1. The third kappa shape index (κ3) is 7.15. The van der Waals surface area contributed by atoms with Gasteiger partial charge in [0.2, 0.25) is 0 Å². The van der Waals surface area contributed by atoms with Gasteiger partial charge in [-0.1, -0.05) is 24.3 Å². The van der Waals surface area contributed by atoms with Crippen LogP contribution in [-0.2, 0) is 0 Å². The Bertz CT molecular complexity index is 2010. The van der Waals surface area contributed by atoms with Gasteiger partial charge in [0.1, 0.15) is 23.0 Å². The van der Waals surface area contributed by atoms with E-state index < -0.39 is 0 Å². The topological polar surface area (TPSA) is 59.2 Å². The molecule has 0 aliphatic rings. The molecule has 1 heterocycles. The number of ether oxygens (including phenoxy) is 4. The molecule has 0 aliphatic carbocycles. The summed E-state index contributed by atoms with van der Waals surface area (Å²) in [7, 11) is 0. The molecular formula is C44H43N3O4. The number of nitrogens with one attached hydrogen (secondary N) is 1. The zero-order valence-corrected chi connectivity index (χ0v) is 29.6. The summed E-state index contributed by atoms with van der Waals surface area (Å²) < 4.78 is 23.7. The Morgan fingerprint density at radius 2 is 0.667 bits per heavy atom. The highest BCUT2D eigenvalue weighted by Gasteiger charge is 2.19. The lowest BCUT2D eigenvalue weighted by molar-refractivity contribution is 0.340. The number of hydrogen-bond donors (Lipinski definition) is 1. The molecule has 258 valence electrons. The monoisotopic (exact) mass is 677 g/mol. The Labute approximate surface area is 299 Å². The highest BCUT2D eigenvalue weighted by Crippen LogP contribution is 2.42. The first-order chi connectivity index (χ1) is 25.1. The van der Waals surface area contributed by atoms with E-state index in [1.165, 1.54) is 0 Å². The first-order valence-corrected chi connectivity index (χ1v) is 17.7. The van der Waals surface area contributed by atoms with Crippen molar-refractivity contribution in [1.29, 1.82) is 0 Å². The fraction of sp³-hybridized carbons (Fsp3) is 0.182. The molecule has 0 spiro atoms. The molecule has 0 fully saturated rings. The third-order valence-corrected chi connectivity index (χ3v) is 8.63. The van der Waals surface area contributed by atoms with Crippen LogP contribution in [0.5, 0.6) is 23.0 Å². The lowest BCUT2D eigenvalue weighted by Gasteiger charge is -2.27. The van der Waals surface area contributed by atoms with Crippen molar-refractivity contribution in [3.05, 3.63) is 133 Å². The summed E-state index contributed by atoms with van der Waals surface area (Å²) in [5.41, 5.74) is 8.10. The second-order valence-electron chi connectivity index (χ2n) is 12.0. The molecule has 1 aromatic heterocycles. The first-order valence-electron chi connectivity index (χ1n) is 17.7. The Hall–Kier alpha value is -6.08. The van der Waals surface area contributed by atoms with Crippen LogP contribution < -0.4 is 28.7 Å². The van der Waals surface area contributed by atoms with Crippen molar-refractivity contribution >= 4 is 55.9 Å².